The fourth-order valence-electron chi connectivity index (χ4n) is 1.64. The summed E-state index contributed by atoms with van der Waals surface area (Å²) in [6.45, 7) is 3.79. The van der Waals surface area contributed by atoms with Crippen LogP contribution < -0.4 is 10.5 Å². The van der Waals surface area contributed by atoms with Gasteiger partial charge in [-0.25, -0.2) is 4.98 Å². The summed E-state index contributed by atoms with van der Waals surface area (Å²) in [5.74, 6) is 0.673. The molecule has 0 saturated heterocycles. The van der Waals surface area contributed by atoms with E-state index in [9.17, 15) is 0 Å². The molecule has 5 nitrogen and oxygen atoms in total. The lowest BCUT2D eigenvalue weighted by Gasteiger charge is -2.21. The van der Waals surface area contributed by atoms with E-state index >= 15 is 0 Å². The van der Waals surface area contributed by atoms with Crippen molar-refractivity contribution >= 4 is 0 Å². The monoisotopic (exact) mass is 239 g/mol. The summed E-state index contributed by atoms with van der Waals surface area (Å²) in [6, 6.07) is 3.93. The van der Waals surface area contributed by atoms with E-state index < -0.39 is 0 Å². The van der Waals surface area contributed by atoms with Crippen molar-refractivity contribution in [3.8, 4) is 5.88 Å². The average molecular weight is 239 g/mol. The van der Waals surface area contributed by atoms with Crippen LogP contribution in [0.25, 0.3) is 0 Å². The van der Waals surface area contributed by atoms with Crippen LogP contribution in [0.2, 0.25) is 0 Å². The smallest absolute Gasteiger partial charge is 0.217 e. The molecule has 1 heterocycles. The first-order chi connectivity index (χ1) is 8.31. The number of ether oxygens (including phenoxy) is 2. The van der Waals surface area contributed by atoms with E-state index in [4.69, 9.17) is 15.2 Å². The molecule has 17 heavy (non-hydrogen) atoms. The van der Waals surface area contributed by atoms with Gasteiger partial charge in [-0.2, -0.15) is 0 Å². The van der Waals surface area contributed by atoms with E-state index in [1.165, 1.54) is 0 Å². The maximum Gasteiger partial charge on any atom is 0.217 e. The second kappa shape index (κ2) is 8.00. The predicted octanol–water partition coefficient (Wildman–Crippen LogP) is 0.497. The normalized spacial score (nSPS) is 10.8. The highest BCUT2D eigenvalue weighted by atomic mass is 16.5. The van der Waals surface area contributed by atoms with Crippen molar-refractivity contribution in [3.63, 3.8) is 0 Å². The third-order valence-corrected chi connectivity index (χ3v) is 2.49. The van der Waals surface area contributed by atoms with Crippen LogP contribution in [0.3, 0.4) is 0 Å². The van der Waals surface area contributed by atoms with Gasteiger partial charge in [0.15, 0.2) is 0 Å². The topological polar surface area (TPSA) is 60.6 Å². The van der Waals surface area contributed by atoms with E-state index in [0.717, 1.165) is 25.2 Å². The molecule has 5 heteroatoms. The lowest BCUT2D eigenvalue weighted by molar-refractivity contribution is 0.145. The first kappa shape index (κ1) is 13.9. The summed E-state index contributed by atoms with van der Waals surface area (Å²) >= 11 is 0. The number of aromatic nitrogens is 1. The third-order valence-electron chi connectivity index (χ3n) is 2.49. The fraction of sp³-hybridized carbons (Fsp3) is 0.583. The minimum absolute atomic E-state index is 0.631. The van der Waals surface area contributed by atoms with Crippen molar-refractivity contribution in [2.24, 2.45) is 5.73 Å². The Hall–Kier alpha value is -1.17. The largest absolute Gasteiger partial charge is 0.481 e. The molecule has 0 aliphatic carbocycles. The van der Waals surface area contributed by atoms with Gasteiger partial charge in [0, 0.05) is 45.0 Å². The first-order valence-electron chi connectivity index (χ1n) is 5.71. The SMILES string of the molecule is COCCN(CCN)Cc1cccnc1OC. The Morgan fingerprint density at radius 2 is 2.18 bits per heavy atom. The lowest BCUT2D eigenvalue weighted by Crippen LogP contribution is -2.32. The van der Waals surface area contributed by atoms with Crippen LogP contribution in [-0.2, 0) is 11.3 Å². The molecule has 0 aliphatic rings. The van der Waals surface area contributed by atoms with Crippen LogP contribution in [0.1, 0.15) is 5.56 Å². The van der Waals surface area contributed by atoms with Crippen molar-refractivity contribution in [1.29, 1.82) is 0 Å². The third kappa shape index (κ3) is 4.68. The zero-order valence-electron chi connectivity index (χ0n) is 10.6. The quantitative estimate of drug-likeness (QED) is 0.715. The van der Waals surface area contributed by atoms with Gasteiger partial charge in [0.25, 0.3) is 0 Å². The van der Waals surface area contributed by atoms with Gasteiger partial charge in [-0.1, -0.05) is 6.07 Å². The maximum absolute atomic E-state index is 5.60. The molecule has 2 N–H and O–H groups in total. The molecule has 0 spiro atoms. The highest BCUT2D eigenvalue weighted by Gasteiger charge is 2.09. The van der Waals surface area contributed by atoms with E-state index in [-0.39, 0.29) is 0 Å². The molecule has 0 atom stereocenters. The predicted molar refractivity (Wildman–Crippen MR) is 67.0 cm³/mol. The number of hydrogen-bond acceptors (Lipinski definition) is 5. The van der Waals surface area contributed by atoms with Crippen molar-refractivity contribution in [2.45, 2.75) is 6.54 Å². The van der Waals surface area contributed by atoms with Gasteiger partial charge in [-0.3, -0.25) is 4.90 Å². The van der Waals surface area contributed by atoms with Crippen molar-refractivity contribution in [1.82, 2.24) is 9.88 Å². The van der Waals surface area contributed by atoms with Crippen LogP contribution >= 0.6 is 0 Å². The Labute approximate surface area is 103 Å². The van der Waals surface area contributed by atoms with Gasteiger partial charge in [0.05, 0.1) is 13.7 Å². The maximum atomic E-state index is 5.60. The minimum atomic E-state index is 0.631. The standard InChI is InChI=1S/C12H21N3O2/c1-16-9-8-15(7-5-13)10-11-4-3-6-14-12(11)17-2/h3-4,6H,5,7-10,13H2,1-2H3. The van der Waals surface area contributed by atoms with Crippen molar-refractivity contribution in [3.05, 3.63) is 23.9 Å². The Bertz CT molecular complexity index is 320. The molecular weight excluding hydrogens is 218 g/mol. The zero-order chi connectivity index (χ0) is 12.5. The van der Waals surface area contributed by atoms with Crippen LogP contribution in [-0.4, -0.2) is 50.3 Å². The molecule has 1 aromatic rings. The molecule has 0 aromatic carbocycles. The van der Waals surface area contributed by atoms with Gasteiger partial charge in [-0.05, 0) is 6.07 Å². The van der Waals surface area contributed by atoms with E-state index in [1.54, 1.807) is 20.4 Å². The van der Waals surface area contributed by atoms with Crippen LogP contribution in [0.5, 0.6) is 5.88 Å². The number of rotatable bonds is 8. The Morgan fingerprint density at radius 1 is 1.35 bits per heavy atom. The van der Waals surface area contributed by atoms with Crippen LogP contribution in [0.4, 0.5) is 0 Å². The van der Waals surface area contributed by atoms with E-state index in [2.05, 4.69) is 9.88 Å². The van der Waals surface area contributed by atoms with Crippen molar-refractivity contribution in [2.75, 3.05) is 40.5 Å². The molecule has 0 radical (unpaired) electrons. The van der Waals surface area contributed by atoms with Gasteiger partial charge >= 0.3 is 0 Å². The van der Waals surface area contributed by atoms with Crippen molar-refractivity contribution < 1.29 is 9.47 Å². The number of hydrogen-bond donors (Lipinski definition) is 1. The summed E-state index contributed by atoms with van der Waals surface area (Å²) in [5, 5.41) is 0. The molecule has 1 rings (SSSR count). The summed E-state index contributed by atoms with van der Waals surface area (Å²) in [4.78, 5) is 6.40. The molecule has 0 saturated carbocycles. The van der Waals surface area contributed by atoms with Crippen LogP contribution in [0, 0.1) is 0 Å². The van der Waals surface area contributed by atoms with Gasteiger partial charge in [0.1, 0.15) is 0 Å². The van der Waals surface area contributed by atoms with Crippen LogP contribution in [0.15, 0.2) is 18.3 Å². The summed E-state index contributed by atoms with van der Waals surface area (Å²) in [6.07, 6.45) is 1.73. The molecular formula is C12H21N3O2. The number of nitrogens with two attached hydrogens (primary N) is 1. The minimum Gasteiger partial charge on any atom is -0.481 e. The number of pyridine rings is 1. The molecule has 0 fully saturated rings. The summed E-state index contributed by atoms with van der Waals surface area (Å²) in [7, 11) is 3.33. The Balaban J connectivity index is 2.63. The number of nitrogens with zero attached hydrogens (tertiary/aromatic N) is 2. The van der Waals surface area contributed by atoms with Gasteiger partial charge in [0.2, 0.25) is 5.88 Å². The van der Waals surface area contributed by atoms with Gasteiger partial charge in [-0.15, -0.1) is 0 Å². The molecule has 0 bridgehead atoms. The molecule has 0 amide bonds. The second-order valence-corrected chi connectivity index (χ2v) is 3.73. The molecule has 1 aromatic heterocycles. The Kier molecular flexibility index (Phi) is 6.54. The molecule has 0 aliphatic heterocycles. The average Bonchev–Trinajstić information content (AvgIpc) is 2.37. The second-order valence-electron chi connectivity index (χ2n) is 3.73. The lowest BCUT2D eigenvalue weighted by atomic mass is 10.2. The van der Waals surface area contributed by atoms with Gasteiger partial charge < -0.3 is 15.2 Å². The Morgan fingerprint density at radius 3 is 2.82 bits per heavy atom. The number of methoxy groups -OCH3 is 2. The van der Waals surface area contributed by atoms with E-state index in [1.807, 2.05) is 12.1 Å². The van der Waals surface area contributed by atoms with E-state index in [0.29, 0.717) is 19.0 Å². The fourth-order valence-corrected chi connectivity index (χ4v) is 1.64. The first-order valence-corrected chi connectivity index (χ1v) is 5.71. The summed E-state index contributed by atoms with van der Waals surface area (Å²) in [5.41, 5.74) is 6.67. The summed E-state index contributed by atoms with van der Waals surface area (Å²) < 4.78 is 10.3. The highest BCUT2D eigenvalue weighted by Crippen LogP contribution is 2.15. The molecule has 96 valence electrons. The zero-order valence-corrected chi connectivity index (χ0v) is 10.6. The molecule has 0 unspecified atom stereocenters. The highest BCUT2D eigenvalue weighted by molar-refractivity contribution is 5.25.